The molecule has 1 saturated heterocycles. The first-order chi connectivity index (χ1) is 16.0. The number of rotatable bonds is 11. The predicted molar refractivity (Wildman–Crippen MR) is 128 cm³/mol. The van der Waals surface area contributed by atoms with Crippen molar-refractivity contribution < 1.29 is 27.4 Å². The summed E-state index contributed by atoms with van der Waals surface area (Å²) in [6.45, 7) is 1.58. The number of nitrogens with zero attached hydrogens (tertiary/aromatic N) is 3. The van der Waals surface area contributed by atoms with Crippen LogP contribution in [0.3, 0.4) is 0 Å². The number of hydrogen-bond acceptors (Lipinski definition) is 11. The fourth-order valence-corrected chi connectivity index (χ4v) is 5.40. The van der Waals surface area contributed by atoms with E-state index in [-0.39, 0.29) is 35.4 Å². The third kappa shape index (κ3) is 5.91. The van der Waals surface area contributed by atoms with Gasteiger partial charge in [-0.15, -0.1) is 23.1 Å². The molecule has 0 spiro atoms. The zero-order valence-corrected chi connectivity index (χ0v) is 20.3. The molecule has 0 aliphatic carbocycles. The van der Waals surface area contributed by atoms with Crippen LogP contribution in [0.1, 0.15) is 24.6 Å². The molecule has 2 aromatic rings. The second kappa shape index (κ2) is 10.5. The number of amides is 1. The summed E-state index contributed by atoms with van der Waals surface area (Å²) in [5.41, 5.74) is 11.8. The number of thiazole rings is 1. The molecule has 6 N–H and O–H groups in total. The fraction of sp³-hybridized carbons (Fsp3) is 0.316. The van der Waals surface area contributed by atoms with Crippen LogP contribution in [0.15, 0.2) is 39.7 Å². The number of Topliss-reactive ketones (excluding diaryl/α,β-unsaturated/α-hetero) is 1. The molecule has 182 valence electrons. The summed E-state index contributed by atoms with van der Waals surface area (Å²) in [6, 6.07) is 6.24. The van der Waals surface area contributed by atoms with E-state index in [1.807, 2.05) is 12.1 Å². The van der Waals surface area contributed by atoms with Gasteiger partial charge in [-0.1, -0.05) is 17.3 Å². The summed E-state index contributed by atoms with van der Waals surface area (Å²) in [7, 11) is -4.68. The summed E-state index contributed by atoms with van der Waals surface area (Å²) in [5.74, 6) is -1.88. The summed E-state index contributed by atoms with van der Waals surface area (Å²) in [4.78, 5) is 35.3. The molecule has 1 amide bonds. The van der Waals surface area contributed by atoms with Gasteiger partial charge in [0.05, 0.1) is 12.0 Å². The van der Waals surface area contributed by atoms with Crippen LogP contribution in [0.4, 0.5) is 5.13 Å². The van der Waals surface area contributed by atoms with E-state index in [9.17, 15) is 18.0 Å². The van der Waals surface area contributed by atoms with Crippen LogP contribution in [0.25, 0.3) is 0 Å². The average Bonchev–Trinajstić information content (AvgIpc) is 3.19. The summed E-state index contributed by atoms with van der Waals surface area (Å²) in [5, 5.41) is 13.1. The normalized spacial score (nSPS) is 18.5. The summed E-state index contributed by atoms with van der Waals surface area (Å²) < 4.78 is 32.0. The van der Waals surface area contributed by atoms with Gasteiger partial charge in [0.15, 0.2) is 16.6 Å². The number of β-lactam (4-membered cyclic amide) rings is 1. The van der Waals surface area contributed by atoms with Gasteiger partial charge >= 0.3 is 10.3 Å². The van der Waals surface area contributed by atoms with E-state index in [1.165, 1.54) is 24.1 Å². The molecule has 1 aliphatic heterocycles. The molecule has 0 bridgehead atoms. The Morgan fingerprint density at radius 2 is 2.06 bits per heavy atom. The average molecular weight is 527 g/mol. The van der Waals surface area contributed by atoms with E-state index in [2.05, 4.69) is 10.1 Å². The number of nitrogens with two attached hydrogens (primary N) is 2. The number of ketones is 1. The van der Waals surface area contributed by atoms with Crippen LogP contribution in [0.2, 0.25) is 0 Å². The lowest BCUT2D eigenvalue weighted by Gasteiger charge is -2.41. The van der Waals surface area contributed by atoms with Crippen LogP contribution in [0.5, 0.6) is 0 Å². The van der Waals surface area contributed by atoms with Crippen molar-refractivity contribution in [1.29, 1.82) is 5.41 Å². The lowest BCUT2D eigenvalue weighted by molar-refractivity contribution is -0.147. The number of carbonyl (C=O) groups is 2. The van der Waals surface area contributed by atoms with E-state index in [1.54, 1.807) is 12.1 Å². The van der Waals surface area contributed by atoms with Crippen molar-refractivity contribution in [3.8, 4) is 0 Å². The zero-order valence-electron chi connectivity index (χ0n) is 17.9. The number of nitrogens with one attached hydrogen (secondary N) is 1. The predicted octanol–water partition coefficient (Wildman–Crippen LogP) is 1.13. The van der Waals surface area contributed by atoms with Crippen molar-refractivity contribution in [3.05, 3.63) is 40.9 Å². The highest BCUT2D eigenvalue weighted by molar-refractivity contribution is 7.99. The van der Waals surface area contributed by atoms with Gasteiger partial charge in [-0.25, -0.2) is 9.29 Å². The smallest absolute Gasteiger partial charge is 0.362 e. The fourth-order valence-electron chi connectivity index (χ4n) is 3.20. The van der Waals surface area contributed by atoms with Crippen molar-refractivity contribution >= 4 is 61.8 Å². The van der Waals surface area contributed by atoms with Gasteiger partial charge in [0.2, 0.25) is 5.91 Å². The first-order valence-electron chi connectivity index (χ1n) is 9.81. The van der Waals surface area contributed by atoms with E-state index in [0.717, 1.165) is 16.2 Å². The third-order valence-electron chi connectivity index (χ3n) is 4.93. The first kappa shape index (κ1) is 25.6. The minimum atomic E-state index is -4.68. The van der Waals surface area contributed by atoms with Crippen molar-refractivity contribution in [1.82, 2.24) is 9.29 Å². The SMILES string of the molecule is C[C@H]1[C@H](CC(=O)/C(=N\OCCSc2ccc(C(=N)N)cc2)c2csc(N)n2)C(=O)N1S(=O)(=O)O. The summed E-state index contributed by atoms with van der Waals surface area (Å²) >= 11 is 2.57. The second-order valence-electron chi connectivity index (χ2n) is 7.22. The Bertz CT molecular complexity index is 1230. The van der Waals surface area contributed by atoms with E-state index < -0.39 is 34.0 Å². The van der Waals surface area contributed by atoms with Crippen molar-refractivity contribution in [2.45, 2.75) is 24.3 Å². The molecule has 0 saturated carbocycles. The monoisotopic (exact) mass is 526 g/mol. The third-order valence-corrected chi connectivity index (χ3v) is 7.59. The number of aromatic nitrogens is 1. The topological polar surface area (TPSA) is 202 Å². The Hall–Kier alpha value is -3.01. The molecule has 3 rings (SSSR count). The van der Waals surface area contributed by atoms with Crippen molar-refractivity contribution in [2.24, 2.45) is 16.8 Å². The molecule has 34 heavy (non-hydrogen) atoms. The molecule has 1 aliphatic rings. The lowest BCUT2D eigenvalue weighted by atomic mass is 9.86. The highest BCUT2D eigenvalue weighted by Crippen LogP contribution is 2.32. The number of nitrogen functional groups attached to an aromatic ring is 2. The molecule has 1 fully saturated rings. The molecule has 12 nitrogen and oxygen atoms in total. The maximum atomic E-state index is 12.9. The number of benzene rings is 1. The maximum absolute atomic E-state index is 12.9. The van der Waals surface area contributed by atoms with E-state index >= 15 is 0 Å². The number of thioether (sulfide) groups is 1. The number of carbonyl (C=O) groups excluding carboxylic acids is 2. The maximum Gasteiger partial charge on any atom is 0.362 e. The standard InChI is InChI=1S/C19H22N6O6S3/c1-10-13(18(27)25(10)34(28,29)30)8-15(26)16(14-9-33-19(22)23-14)24-31-6-7-32-12-4-2-11(3-5-12)17(20)21/h2-5,9-10,13H,6-8H2,1H3,(H3,20,21)(H2,22,23)(H,28,29,30)/b24-16-/t10-,13-/m0/s1. The van der Waals surface area contributed by atoms with Crippen LogP contribution in [-0.2, 0) is 24.7 Å². The molecule has 0 unspecified atom stereocenters. The Morgan fingerprint density at radius 1 is 1.38 bits per heavy atom. The van der Waals surface area contributed by atoms with Gasteiger partial charge in [-0.05, 0) is 19.1 Å². The highest BCUT2D eigenvalue weighted by atomic mass is 32.2. The minimum absolute atomic E-state index is 0.0159. The quantitative estimate of drug-likeness (QED) is 0.0625. The van der Waals surface area contributed by atoms with Gasteiger partial charge in [-0.2, -0.15) is 8.42 Å². The molecule has 1 aromatic carbocycles. The van der Waals surface area contributed by atoms with Crippen molar-refractivity contribution in [3.63, 3.8) is 0 Å². The highest BCUT2D eigenvalue weighted by Gasteiger charge is 2.51. The second-order valence-corrected chi connectivity index (χ2v) is 10.6. The Labute approximate surface area is 203 Å². The van der Waals surface area contributed by atoms with Crippen LogP contribution in [0, 0.1) is 11.3 Å². The van der Waals surface area contributed by atoms with E-state index in [0.29, 0.717) is 15.6 Å². The molecule has 0 radical (unpaired) electrons. The lowest BCUT2D eigenvalue weighted by Crippen LogP contribution is -2.62. The van der Waals surface area contributed by atoms with E-state index in [4.69, 9.17) is 26.3 Å². The largest absolute Gasteiger partial charge is 0.394 e. The number of hydrogen-bond donors (Lipinski definition) is 4. The Morgan fingerprint density at radius 3 is 2.59 bits per heavy atom. The van der Waals surface area contributed by atoms with Gasteiger partial charge in [0, 0.05) is 28.0 Å². The molecular weight excluding hydrogens is 504 g/mol. The van der Waals surface area contributed by atoms with Gasteiger partial charge < -0.3 is 16.3 Å². The van der Waals surface area contributed by atoms with Crippen molar-refractivity contribution in [2.75, 3.05) is 18.1 Å². The molecule has 2 heterocycles. The minimum Gasteiger partial charge on any atom is -0.394 e. The Balaban J connectivity index is 1.61. The Kier molecular flexibility index (Phi) is 7.91. The molecule has 15 heteroatoms. The van der Waals surface area contributed by atoms with Crippen LogP contribution in [-0.4, -0.2) is 63.9 Å². The zero-order chi connectivity index (χ0) is 25.0. The number of oxime groups is 1. The van der Waals surface area contributed by atoms with Crippen LogP contribution >= 0.6 is 23.1 Å². The molecule has 1 aromatic heterocycles. The molecule has 2 atom stereocenters. The van der Waals surface area contributed by atoms with Crippen LogP contribution < -0.4 is 11.5 Å². The van der Waals surface area contributed by atoms with Gasteiger partial charge in [0.25, 0.3) is 0 Å². The first-order valence-corrected chi connectivity index (χ1v) is 13.1. The molecular formula is C19H22N6O6S3. The summed E-state index contributed by atoms with van der Waals surface area (Å²) in [6.07, 6.45) is -0.330. The van der Waals surface area contributed by atoms with Gasteiger partial charge in [0.1, 0.15) is 18.1 Å². The van der Waals surface area contributed by atoms with Gasteiger partial charge in [-0.3, -0.25) is 19.6 Å². The number of anilines is 1. The number of amidine groups is 1.